The number of rotatable bonds is 4. The van der Waals surface area contributed by atoms with Crippen LogP contribution in [-0.2, 0) is 6.42 Å². The van der Waals surface area contributed by atoms with Crippen molar-refractivity contribution in [3.05, 3.63) is 57.4 Å². The quantitative estimate of drug-likeness (QED) is 0.699. The van der Waals surface area contributed by atoms with E-state index in [0.29, 0.717) is 4.88 Å². The minimum Gasteiger partial charge on any atom is -0.321 e. The number of nitrogens with one attached hydrogen (secondary N) is 1. The molecule has 5 heteroatoms. The molecule has 118 valence electrons. The van der Waals surface area contributed by atoms with Crippen molar-refractivity contribution in [3.8, 4) is 9.88 Å². The summed E-state index contributed by atoms with van der Waals surface area (Å²) in [6.45, 7) is 6.00. The van der Waals surface area contributed by atoms with Gasteiger partial charge < -0.3 is 5.32 Å². The van der Waals surface area contributed by atoms with Crippen molar-refractivity contribution in [1.29, 1.82) is 0 Å². The summed E-state index contributed by atoms with van der Waals surface area (Å²) < 4.78 is 0. The molecular formula is C18H18N2OS2. The Bertz CT molecular complexity index is 835. The molecule has 3 nitrogen and oxygen atoms in total. The Morgan fingerprint density at radius 2 is 2.04 bits per heavy atom. The molecule has 0 saturated carbocycles. The van der Waals surface area contributed by atoms with Crippen molar-refractivity contribution in [2.24, 2.45) is 0 Å². The van der Waals surface area contributed by atoms with Crippen molar-refractivity contribution in [3.63, 3.8) is 0 Å². The average Bonchev–Trinajstić information content (AvgIpc) is 3.18. The minimum absolute atomic E-state index is 0.0770. The molecule has 3 rings (SSSR count). The molecule has 1 amide bonds. The first-order valence-electron chi connectivity index (χ1n) is 7.51. The zero-order valence-electron chi connectivity index (χ0n) is 13.3. The third-order valence-corrected chi connectivity index (χ3v) is 5.91. The van der Waals surface area contributed by atoms with Crippen LogP contribution in [-0.4, -0.2) is 10.9 Å². The van der Waals surface area contributed by atoms with Crippen LogP contribution < -0.4 is 5.32 Å². The van der Waals surface area contributed by atoms with E-state index in [-0.39, 0.29) is 5.91 Å². The summed E-state index contributed by atoms with van der Waals surface area (Å²) in [7, 11) is 0. The van der Waals surface area contributed by atoms with Gasteiger partial charge in [-0.05, 0) is 42.8 Å². The molecule has 0 bridgehead atoms. The molecule has 0 aliphatic carbocycles. The molecule has 0 aliphatic heterocycles. The van der Waals surface area contributed by atoms with Crippen LogP contribution in [0, 0.1) is 13.8 Å². The Hall–Kier alpha value is -1.98. The van der Waals surface area contributed by atoms with Crippen molar-refractivity contribution in [2.45, 2.75) is 27.2 Å². The monoisotopic (exact) mass is 342 g/mol. The molecule has 0 aliphatic rings. The number of aromatic nitrogens is 1. The van der Waals surface area contributed by atoms with Gasteiger partial charge in [0.25, 0.3) is 5.91 Å². The number of para-hydroxylation sites is 1. The number of nitrogens with zero attached hydrogens (tertiary/aromatic N) is 1. The first kappa shape index (κ1) is 15.9. The highest BCUT2D eigenvalue weighted by Gasteiger charge is 2.18. The molecule has 1 N–H and O–H groups in total. The maximum atomic E-state index is 12.7. The molecule has 23 heavy (non-hydrogen) atoms. The fourth-order valence-corrected chi connectivity index (χ4v) is 4.24. The van der Waals surface area contributed by atoms with E-state index < -0.39 is 0 Å². The van der Waals surface area contributed by atoms with Crippen LogP contribution in [0.5, 0.6) is 0 Å². The van der Waals surface area contributed by atoms with Gasteiger partial charge >= 0.3 is 0 Å². The third-order valence-electron chi connectivity index (χ3n) is 3.71. The van der Waals surface area contributed by atoms with Crippen LogP contribution in [0.1, 0.15) is 33.4 Å². The molecule has 0 radical (unpaired) electrons. The standard InChI is InChI=1S/C18H18N2OS2/c1-4-13-8-5-7-11(2)15(13)20-17(21)16-12(3)19-18(23-16)14-9-6-10-22-14/h5-10H,4H2,1-3H3,(H,20,21). The van der Waals surface area contributed by atoms with Gasteiger partial charge in [0.05, 0.1) is 10.6 Å². The van der Waals surface area contributed by atoms with Crippen LogP contribution in [0.25, 0.3) is 9.88 Å². The highest BCUT2D eigenvalue weighted by atomic mass is 32.1. The van der Waals surface area contributed by atoms with Gasteiger partial charge in [-0.15, -0.1) is 22.7 Å². The second kappa shape index (κ2) is 6.64. The van der Waals surface area contributed by atoms with Gasteiger partial charge in [0.15, 0.2) is 0 Å². The normalized spacial score (nSPS) is 10.7. The number of hydrogen-bond donors (Lipinski definition) is 1. The van der Waals surface area contributed by atoms with Crippen LogP contribution in [0.3, 0.4) is 0 Å². The van der Waals surface area contributed by atoms with Gasteiger partial charge in [-0.1, -0.05) is 31.2 Å². The number of thiophene rings is 1. The number of thiazole rings is 1. The summed E-state index contributed by atoms with van der Waals surface area (Å²) in [6.07, 6.45) is 0.888. The summed E-state index contributed by atoms with van der Waals surface area (Å²) in [5.41, 5.74) is 3.94. The Morgan fingerprint density at radius 1 is 1.22 bits per heavy atom. The second-order valence-electron chi connectivity index (χ2n) is 5.33. The SMILES string of the molecule is CCc1cccc(C)c1NC(=O)c1sc(-c2cccs2)nc1C. The van der Waals surface area contributed by atoms with Crippen LogP contribution >= 0.6 is 22.7 Å². The first-order chi connectivity index (χ1) is 11.1. The van der Waals surface area contributed by atoms with E-state index in [1.165, 1.54) is 11.3 Å². The number of carbonyl (C=O) groups is 1. The van der Waals surface area contributed by atoms with E-state index in [1.807, 2.05) is 43.5 Å². The van der Waals surface area contributed by atoms with E-state index in [4.69, 9.17) is 0 Å². The lowest BCUT2D eigenvalue weighted by Crippen LogP contribution is -2.14. The molecular weight excluding hydrogens is 324 g/mol. The molecule has 0 spiro atoms. The van der Waals surface area contributed by atoms with Crippen molar-refractivity contribution in [1.82, 2.24) is 4.98 Å². The number of hydrogen-bond acceptors (Lipinski definition) is 4. The van der Waals surface area contributed by atoms with Gasteiger partial charge in [0.2, 0.25) is 0 Å². The van der Waals surface area contributed by atoms with Crippen molar-refractivity contribution >= 4 is 34.3 Å². The van der Waals surface area contributed by atoms with Gasteiger partial charge in [0.1, 0.15) is 9.88 Å². The van der Waals surface area contributed by atoms with E-state index >= 15 is 0 Å². The summed E-state index contributed by atoms with van der Waals surface area (Å²) in [4.78, 5) is 19.0. The Kier molecular flexibility index (Phi) is 4.59. The fourth-order valence-electron chi connectivity index (χ4n) is 2.49. The van der Waals surface area contributed by atoms with E-state index in [9.17, 15) is 4.79 Å². The van der Waals surface area contributed by atoms with Crippen molar-refractivity contribution < 1.29 is 4.79 Å². The lowest BCUT2D eigenvalue weighted by atomic mass is 10.1. The summed E-state index contributed by atoms with van der Waals surface area (Å²) in [5.74, 6) is -0.0770. The molecule has 1 aromatic carbocycles. The number of aryl methyl sites for hydroxylation is 3. The van der Waals surface area contributed by atoms with Crippen LogP contribution in [0.15, 0.2) is 35.7 Å². The number of amides is 1. The minimum atomic E-state index is -0.0770. The van der Waals surface area contributed by atoms with Gasteiger partial charge in [0, 0.05) is 5.69 Å². The average molecular weight is 342 g/mol. The number of carbonyl (C=O) groups excluding carboxylic acids is 1. The van der Waals surface area contributed by atoms with Crippen molar-refractivity contribution in [2.75, 3.05) is 5.32 Å². The molecule has 0 fully saturated rings. The molecule has 0 atom stereocenters. The molecule has 3 aromatic rings. The third kappa shape index (κ3) is 3.21. The molecule has 2 aromatic heterocycles. The molecule has 2 heterocycles. The Labute approximate surface area is 144 Å². The number of anilines is 1. The van der Waals surface area contributed by atoms with Gasteiger partial charge in [-0.3, -0.25) is 4.79 Å². The first-order valence-corrected chi connectivity index (χ1v) is 9.21. The van der Waals surface area contributed by atoms with Crippen LogP contribution in [0.4, 0.5) is 5.69 Å². The Balaban J connectivity index is 1.90. The lowest BCUT2D eigenvalue weighted by Gasteiger charge is -2.12. The maximum Gasteiger partial charge on any atom is 0.267 e. The van der Waals surface area contributed by atoms with Gasteiger partial charge in [-0.25, -0.2) is 4.98 Å². The number of benzene rings is 1. The lowest BCUT2D eigenvalue weighted by molar-refractivity contribution is 0.102. The van der Waals surface area contributed by atoms with E-state index in [0.717, 1.165) is 38.8 Å². The summed E-state index contributed by atoms with van der Waals surface area (Å²) >= 11 is 3.09. The zero-order valence-corrected chi connectivity index (χ0v) is 15.0. The van der Waals surface area contributed by atoms with Crippen LogP contribution in [0.2, 0.25) is 0 Å². The largest absolute Gasteiger partial charge is 0.321 e. The molecule has 0 saturated heterocycles. The fraction of sp³-hybridized carbons (Fsp3) is 0.222. The van der Waals surface area contributed by atoms with Gasteiger partial charge in [-0.2, -0.15) is 0 Å². The predicted molar refractivity (Wildman–Crippen MR) is 98.7 cm³/mol. The maximum absolute atomic E-state index is 12.7. The zero-order chi connectivity index (χ0) is 16.4. The second-order valence-corrected chi connectivity index (χ2v) is 7.27. The summed E-state index contributed by atoms with van der Waals surface area (Å²) in [5, 5.41) is 6.01. The van der Waals surface area contributed by atoms with E-state index in [2.05, 4.69) is 23.3 Å². The predicted octanol–water partition coefficient (Wildman–Crippen LogP) is 5.30. The van der Waals surface area contributed by atoms with E-state index in [1.54, 1.807) is 11.3 Å². The topological polar surface area (TPSA) is 42.0 Å². The molecule has 0 unspecified atom stereocenters. The summed E-state index contributed by atoms with van der Waals surface area (Å²) in [6, 6.07) is 10.1. The highest BCUT2D eigenvalue weighted by Crippen LogP contribution is 2.32. The highest BCUT2D eigenvalue weighted by molar-refractivity contribution is 7.22. The Morgan fingerprint density at radius 3 is 2.74 bits per heavy atom. The smallest absolute Gasteiger partial charge is 0.267 e.